The van der Waals surface area contributed by atoms with Crippen LogP contribution in [0.2, 0.25) is 0 Å². The molecule has 5 heteroatoms. The number of H-pyrrole nitrogens is 1. The first-order valence-electron chi connectivity index (χ1n) is 8.98. The number of allylic oxidation sites excluding steroid dienone is 2. The van der Waals surface area contributed by atoms with Crippen molar-refractivity contribution in [2.45, 2.75) is 39.5 Å². The number of rotatable bonds is 1. The molecule has 2 N–H and O–H groups in total. The number of fused-ring (bicyclic) bond motifs is 3. The third kappa shape index (κ3) is 2.27. The van der Waals surface area contributed by atoms with Gasteiger partial charge in [0.25, 0.3) is 0 Å². The zero-order chi connectivity index (χ0) is 18.1. The van der Waals surface area contributed by atoms with Crippen LogP contribution in [0.15, 0.2) is 41.7 Å². The van der Waals surface area contributed by atoms with Crippen molar-refractivity contribution in [1.29, 1.82) is 0 Å². The summed E-state index contributed by atoms with van der Waals surface area (Å²) in [5.41, 5.74) is 5.29. The maximum atomic E-state index is 13.2. The summed E-state index contributed by atoms with van der Waals surface area (Å²) in [6.07, 6.45) is 3.35. The number of hydrogen-bond acceptors (Lipinski definition) is 4. The maximum Gasteiger partial charge on any atom is 0.162 e. The molecule has 0 bridgehead atoms. The minimum absolute atomic E-state index is 0.00553. The van der Waals surface area contributed by atoms with E-state index in [1.807, 2.05) is 6.20 Å². The van der Waals surface area contributed by atoms with Gasteiger partial charge < -0.3 is 5.32 Å². The van der Waals surface area contributed by atoms with Gasteiger partial charge in [-0.1, -0.05) is 13.8 Å². The number of ketones is 1. The minimum atomic E-state index is -0.0206. The Hall–Kier alpha value is -2.40. The third-order valence-corrected chi connectivity index (χ3v) is 6.55. The highest BCUT2D eigenvalue weighted by atomic mass is 32.1. The second-order valence-corrected chi connectivity index (χ2v) is 9.52. The van der Waals surface area contributed by atoms with Gasteiger partial charge in [0.2, 0.25) is 0 Å². The summed E-state index contributed by atoms with van der Waals surface area (Å²) in [6, 6.07) is 8.53. The Bertz CT molecular complexity index is 1090. The smallest absolute Gasteiger partial charge is 0.162 e. The van der Waals surface area contributed by atoms with Gasteiger partial charge in [0.05, 0.1) is 17.6 Å². The van der Waals surface area contributed by atoms with E-state index in [9.17, 15) is 4.79 Å². The van der Waals surface area contributed by atoms with Crippen LogP contribution in [0.4, 0.5) is 5.69 Å². The quantitative estimate of drug-likeness (QED) is 0.630. The first kappa shape index (κ1) is 15.8. The number of nitrogens with zero attached hydrogens (tertiary/aromatic N) is 1. The summed E-state index contributed by atoms with van der Waals surface area (Å²) in [5.74, 6) is 0.245. The molecule has 5 rings (SSSR count). The van der Waals surface area contributed by atoms with Gasteiger partial charge in [-0.2, -0.15) is 5.10 Å². The predicted molar refractivity (Wildman–Crippen MR) is 106 cm³/mol. The van der Waals surface area contributed by atoms with Crippen LogP contribution in [0.5, 0.6) is 0 Å². The molecule has 0 saturated heterocycles. The number of anilines is 1. The molecule has 26 heavy (non-hydrogen) atoms. The van der Waals surface area contributed by atoms with E-state index in [2.05, 4.69) is 60.6 Å². The Balaban J connectivity index is 1.81. The fourth-order valence-corrected chi connectivity index (χ4v) is 5.42. The van der Waals surface area contributed by atoms with E-state index in [-0.39, 0.29) is 17.1 Å². The largest absolute Gasteiger partial charge is 0.358 e. The van der Waals surface area contributed by atoms with Gasteiger partial charge >= 0.3 is 0 Å². The van der Waals surface area contributed by atoms with Gasteiger partial charge in [-0.3, -0.25) is 9.89 Å². The SMILES string of the molecule is Cc1ccc(C2C3=C(CC(C)(C)CC3=O)Nc3ccc4cn[nH]c4c32)s1. The number of carbonyl (C=O) groups excluding carboxylic acids is 1. The van der Waals surface area contributed by atoms with E-state index in [4.69, 9.17) is 0 Å². The lowest BCUT2D eigenvalue weighted by Crippen LogP contribution is -2.33. The third-order valence-electron chi connectivity index (χ3n) is 5.49. The van der Waals surface area contributed by atoms with Crippen LogP contribution in [0.1, 0.15) is 47.9 Å². The van der Waals surface area contributed by atoms with Crippen molar-refractivity contribution in [2.75, 3.05) is 5.32 Å². The molecule has 1 atom stereocenters. The lowest BCUT2D eigenvalue weighted by molar-refractivity contribution is -0.118. The van der Waals surface area contributed by atoms with Crippen molar-refractivity contribution < 1.29 is 4.79 Å². The average molecular weight is 363 g/mol. The average Bonchev–Trinajstić information content (AvgIpc) is 3.20. The Morgan fingerprint density at radius 1 is 1.19 bits per heavy atom. The summed E-state index contributed by atoms with van der Waals surface area (Å²) in [6.45, 7) is 6.47. The van der Waals surface area contributed by atoms with Crippen LogP contribution in [0, 0.1) is 12.3 Å². The Labute approximate surface area is 156 Å². The van der Waals surface area contributed by atoms with Gasteiger partial charge in [0.1, 0.15) is 0 Å². The second-order valence-electron chi connectivity index (χ2n) is 8.20. The number of aryl methyl sites for hydroxylation is 1. The van der Waals surface area contributed by atoms with Crippen LogP contribution in [0.3, 0.4) is 0 Å². The molecule has 132 valence electrons. The Morgan fingerprint density at radius 3 is 2.81 bits per heavy atom. The molecule has 0 spiro atoms. The molecule has 0 saturated carbocycles. The lowest BCUT2D eigenvalue weighted by Gasteiger charge is -2.39. The highest BCUT2D eigenvalue weighted by Crippen LogP contribution is 2.51. The fourth-order valence-electron chi connectivity index (χ4n) is 4.43. The normalized spacial score (nSPS) is 21.5. The van der Waals surface area contributed by atoms with Crippen molar-refractivity contribution in [3.8, 4) is 0 Å². The van der Waals surface area contributed by atoms with Gasteiger partial charge in [-0.05, 0) is 43.0 Å². The van der Waals surface area contributed by atoms with Crippen LogP contribution >= 0.6 is 11.3 Å². The highest BCUT2D eigenvalue weighted by Gasteiger charge is 2.41. The van der Waals surface area contributed by atoms with Gasteiger partial charge in [0.15, 0.2) is 5.78 Å². The molecule has 1 unspecified atom stereocenters. The number of hydrogen-bond donors (Lipinski definition) is 2. The van der Waals surface area contributed by atoms with E-state index >= 15 is 0 Å². The molecule has 3 heterocycles. The van der Waals surface area contributed by atoms with E-state index in [1.54, 1.807) is 11.3 Å². The number of carbonyl (C=O) groups is 1. The molecule has 0 amide bonds. The van der Waals surface area contributed by atoms with E-state index in [1.165, 1.54) is 9.75 Å². The van der Waals surface area contributed by atoms with Gasteiger partial charge in [-0.25, -0.2) is 0 Å². The molecule has 0 radical (unpaired) electrons. The van der Waals surface area contributed by atoms with Crippen molar-refractivity contribution in [2.24, 2.45) is 5.41 Å². The molecule has 3 aromatic rings. The Kier molecular flexibility index (Phi) is 3.23. The molecule has 1 aliphatic heterocycles. The summed E-state index contributed by atoms with van der Waals surface area (Å²) in [7, 11) is 0. The number of aromatic amines is 1. The highest BCUT2D eigenvalue weighted by molar-refractivity contribution is 7.12. The van der Waals surface area contributed by atoms with Gasteiger partial charge in [0, 0.05) is 44.1 Å². The monoisotopic (exact) mass is 363 g/mol. The predicted octanol–water partition coefficient (Wildman–Crippen LogP) is 5.13. The molecule has 2 aromatic heterocycles. The summed E-state index contributed by atoms with van der Waals surface area (Å²) in [4.78, 5) is 15.7. The molecule has 2 aliphatic rings. The number of nitrogens with one attached hydrogen (secondary N) is 2. The Morgan fingerprint density at radius 2 is 2.04 bits per heavy atom. The fraction of sp³-hybridized carbons (Fsp3) is 0.333. The molecule has 1 aromatic carbocycles. The zero-order valence-corrected chi connectivity index (χ0v) is 16.0. The minimum Gasteiger partial charge on any atom is -0.358 e. The van der Waals surface area contributed by atoms with Crippen LogP contribution in [0.25, 0.3) is 10.9 Å². The van der Waals surface area contributed by atoms with Crippen LogP contribution in [-0.2, 0) is 4.79 Å². The molecular weight excluding hydrogens is 342 g/mol. The van der Waals surface area contributed by atoms with E-state index < -0.39 is 0 Å². The standard InChI is InChI=1S/C21H21N3OS/c1-11-4-7-16(26-11)19-17-14(8-21(2,3)9-15(17)25)23-13-6-5-12-10-22-24-20(12)18(13)19/h4-7,10,19,23H,8-9H2,1-3H3,(H,22,24). The lowest BCUT2D eigenvalue weighted by atomic mass is 9.69. The first-order valence-corrected chi connectivity index (χ1v) is 9.80. The molecule has 0 fully saturated rings. The van der Waals surface area contributed by atoms with Crippen molar-refractivity contribution in [3.63, 3.8) is 0 Å². The summed E-state index contributed by atoms with van der Waals surface area (Å²) in [5, 5.41) is 12.1. The zero-order valence-electron chi connectivity index (χ0n) is 15.1. The van der Waals surface area contributed by atoms with Gasteiger partial charge in [-0.15, -0.1) is 11.3 Å². The second kappa shape index (κ2) is 5.30. The van der Waals surface area contributed by atoms with E-state index in [0.29, 0.717) is 6.42 Å². The summed E-state index contributed by atoms with van der Waals surface area (Å²) < 4.78 is 0. The molecular formula is C21H21N3OS. The van der Waals surface area contributed by atoms with Crippen LogP contribution in [-0.4, -0.2) is 16.0 Å². The molecule has 1 aliphatic carbocycles. The van der Waals surface area contributed by atoms with E-state index in [0.717, 1.165) is 39.8 Å². The first-order chi connectivity index (χ1) is 12.4. The number of benzene rings is 1. The number of thiophene rings is 1. The topological polar surface area (TPSA) is 57.8 Å². The van der Waals surface area contributed by atoms with Crippen molar-refractivity contribution >= 4 is 33.7 Å². The summed E-state index contributed by atoms with van der Waals surface area (Å²) >= 11 is 1.78. The van der Waals surface area contributed by atoms with Crippen LogP contribution < -0.4 is 5.32 Å². The number of Topliss-reactive ketones (excluding diaryl/α,β-unsaturated/α-hetero) is 1. The molecule has 4 nitrogen and oxygen atoms in total. The van der Waals surface area contributed by atoms with Crippen molar-refractivity contribution in [3.05, 3.63) is 57.1 Å². The van der Waals surface area contributed by atoms with Crippen molar-refractivity contribution in [1.82, 2.24) is 10.2 Å². The number of aromatic nitrogens is 2. The maximum absolute atomic E-state index is 13.2.